The van der Waals surface area contributed by atoms with Crippen LogP contribution in [0.5, 0.6) is 0 Å². The van der Waals surface area contributed by atoms with Gasteiger partial charge in [-0.15, -0.1) is 0 Å². The summed E-state index contributed by atoms with van der Waals surface area (Å²) >= 11 is 0. The number of para-hydroxylation sites is 2. The molecule has 156 valence electrons. The molecule has 0 amide bonds. The zero-order chi connectivity index (χ0) is 21.8. The molecule has 1 N–H and O–H groups in total. The minimum Gasteiger partial charge on any atom is -0.456 e. The molecule has 2 aromatic heterocycles. The van der Waals surface area contributed by atoms with Crippen LogP contribution in [0.1, 0.15) is 0 Å². The summed E-state index contributed by atoms with van der Waals surface area (Å²) in [6, 6.07) is 37.4. The van der Waals surface area contributed by atoms with Crippen molar-refractivity contribution in [2.45, 2.75) is 0 Å². The number of benzene rings is 5. The Hall–Kier alpha value is -4.50. The third kappa shape index (κ3) is 2.90. The monoisotopic (exact) mass is 425 g/mol. The van der Waals surface area contributed by atoms with Crippen molar-refractivity contribution < 1.29 is 8.83 Å². The first-order valence-corrected chi connectivity index (χ1v) is 11.0. The minimum absolute atomic E-state index is 0.856. The highest BCUT2D eigenvalue weighted by Gasteiger charge is 2.13. The lowest BCUT2D eigenvalue weighted by Crippen LogP contribution is -1.90. The van der Waals surface area contributed by atoms with Crippen LogP contribution in [0.2, 0.25) is 0 Å². The lowest BCUT2D eigenvalue weighted by Gasteiger charge is -2.07. The van der Waals surface area contributed by atoms with Gasteiger partial charge in [0.05, 0.1) is 5.69 Å². The van der Waals surface area contributed by atoms with Gasteiger partial charge in [-0.1, -0.05) is 66.7 Å². The van der Waals surface area contributed by atoms with Gasteiger partial charge in [0.2, 0.25) is 0 Å². The molecule has 7 aromatic rings. The molecule has 0 bridgehead atoms. The van der Waals surface area contributed by atoms with E-state index in [0.717, 1.165) is 60.8 Å². The normalized spacial score (nSPS) is 11.6. The summed E-state index contributed by atoms with van der Waals surface area (Å²) < 4.78 is 12.3. The highest BCUT2D eigenvalue weighted by Crippen LogP contribution is 2.37. The third-order valence-corrected chi connectivity index (χ3v) is 6.26. The molecule has 0 saturated carbocycles. The number of anilines is 2. The first kappa shape index (κ1) is 18.1. The molecular formula is C30H19NO2. The number of furan rings is 2. The van der Waals surface area contributed by atoms with Crippen molar-refractivity contribution in [3.8, 4) is 11.1 Å². The summed E-state index contributed by atoms with van der Waals surface area (Å²) in [5.41, 5.74) is 7.79. The summed E-state index contributed by atoms with van der Waals surface area (Å²) in [5, 5.41) is 8.00. The number of hydrogen-bond donors (Lipinski definition) is 1. The van der Waals surface area contributed by atoms with Crippen LogP contribution in [0.3, 0.4) is 0 Å². The fourth-order valence-electron chi connectivity index (χ4n) is 4.67. The lowest BCUT2D eigenvalue weighted by atomic mass is 10.0. The van der Waals surface area contributed by atoms with Gasteiger partial charge in [-0.2, -0.15) is 0 Å². The Bertz CT molecular complexity index is 1790. The van der Waals surface area contributed by atoms with E-state index in [0.29, 0.717) is 0 Å². The van der Waals surface area contributed by atoms with Crippen molar-refractivity contribution in [2.75, 3.05) is 5.32 Å². The molecule has 3 nitrogen and oxygen atoms in total. The molecule has 3 heteroatoms. The molecule has 0 atom stereocenters. The van der Waals surface area contributed by atoms with E-state index in [1.54, 1.807) is 0 Å². The molecule has 33 heavy (non-hydrogen) atoms. The van der Waals surface area contributed by atoms with Crippen molar-refractivity contribution >= 4 is 55.3 Å². The summed E-state index contributed by atoms with van der Waals surface area (Å²) in [4.78, 5) is 0. The van der Waals surface area contributed by atoms with Crippen LogP contribution in [0, 0.1) is 0 Å². The van der Waals surface area contributed by atoms with Gasteiger partial charge in [0.25, 0.3) is 0 Å². The third-order valence-electron chi connectivity index (χ3n) is 6.26. The van der Waals surface area contributed by atoms with Gasteiger partial charge in [0.15, 0.2) is 5.58 Å². The second-order valence-corrected chi connectivity index (χ2v) is 8.30. The first-order chi connectivity index (χ1) is 16.3. The maximum absolute atomic E-state index is 6.38. The number of nitrogens with one attached hydrogen (secondary N) is 1. The van der Waals surface area contributed by atoms with Crippen LogP contribution < -0.4 is 5.32 Å². The van der Waals surface area contributed by atoms with E-state index in [1.807, 2.05) is 36.4 Å². The van der Waals surface area contributed by atoms with Gasteiger partial charge in [-0.25, -0.2) is 0 Å². The second-order valence-electron chi connectivity index (χ2n) is 8.30. The Morgan fingerprint density at radius 3 is 2.18 bits per heavy atom. The summed E-state index contributed by atoms with van der Waals surface area (Å²) in [6.45, 7) is 0. The second kappa shape index (κ2) is 7.01. The molecular weight excluding hydrogens is 406 g/mol. The number of fused-ring (bicyclic) bond motifs is 6. The topological polar surface area (TPSA) is 38.3 Å². The average Bonchev–Trinajstić information content (AvgIpc) is 3.43. The van der Waals surface area contributed by atoms with Crippen molar-refractivity contribution in [1.29, 1.82) is 0 Å². The Labute approximate surface area is 189 Å². The van der Waals surface area contributed by atoms with Gasteiger partial charge >= 0.3 is 0 Å². The molecule has 2 heterocycles. The van der Waals surface area contributed by atoms with E-state index in [2.05, 4.69) is 78.1 Å². The molecule has 0 unspecified atom stereocenters. The van der Waals surface area contributed by atoms with Crippen LogP contribution in [-0.4, -0.2) is 0 Å². The van der Waals surface area contributed by atoms with Crippen molar-refractivity contribution in [3.63, 3.8) is 0 Å². The highest BCUT2D eigenvalue weighted by molar-refractivity contribution is 6.10. The standard InChI is InChI=1S/C30H19NO2/c1-2-7-19(8-3-1)20-13-15-23-24-10-6-11-26(30(24)33-29(23)17-20)31-21-14-16-28-25(18-21)22-9-4-5-12-27(22)32-28/h1-18,31H. The molecule has 0 radical (unpaired) electrons. The summed E-state index contributed by atoms with van der Waals surface area (Å²) in [6.07, 6.45) is 0. The predicted octanol–water partition coefficient (Wildman–Crippen LogP) is 8.90. The average molecular weight is 425 g/mol. The number of hydrogen-bond acceptors (Lipinski definition) is 3. The zero-order valence-electron chi connectivity index (χ0n) is 17.7. The Morgan fingerprint density at radius 2 is 1.24 bits per heavy atom. The molecule has 0 aliphatic carbocycles. The number of rotatable bonds is 3. The molecule has 7 rings (SSSR count). The Balaban J connectivity index is 1.34. The zero-order valence-corrected chi connectivity index (χ0v) is 17.7. The van der Waals surface area contributed by atoms with Crippen molar-refractivity contribution in [2.24, 2.45) is 0 Å². The maximum Gasteiger partial charge on any atom is 0.158 e. The van der Waals surface area contributed by atoms with Crippen LogP contribution in [-0.2, 0) is 0 Å². The molecule has 0 spiro atoms. The fraction of sp³-hybridized carbons (Fsp3) is 0. The van der Waals surface area contributed by atoms with Crippen LogP contribution in [0.4, 0.5) is 11.4 Å². The lowest BCUT2D eigenvalue weighted by molar-refractivity contribution is 0.669. The van der Waals surface area contributed by atoms with E-state index in [1.165, 1.54) is 5.56 Å². The quantitative estimate of drug-likeness (QED) is 0.307. The van der Waals surface area contributed by atoms with Crippen LogP contribution in [0.25, 0.3) is 55.0 Å². The van der Waals surface area contributed by atoms with E-state index in [9.17, 15) is 0 Å². The Morgan fingerprint density at radius 1 is 0.455 bits per heavy atom. The molecule has 5 aromatic carbocycles. The van der Waals surface area contributed by atoms with Gasteiger partial charge in [-0.05, 0) is 53.6 Å². The summed E-state index contributed by atoms with van der Waals surface area (Å²) in [5.74, 6) is 0. The summed E-state index contributed by atoms with van der Waals surface area (Å²) in [7, 11) is 0. The highest BCUT2D eigenvalue weighted by atomic mass is 16.3. The van der Waals surface area contributed by atoms with Gasteiger partial charge < -0.3 is 14.2 Å². The first-order valence-electron chi connectivity index (χ1n) is 11.0. The van der Waals surface area contributed by atoms with Crippen LogP contribution >= 0.6 is 0 Å². The maximum atomic E-state index is 6.38. The molecule has 0 aliphatic rings. The van der Waals surface area contributed by atoms with E-state index in [-0.39, 0.29) is 0 Å². The Kier molecular flexibility index (Phi) is 3.84. The molecule has 0 fully saturated rings. The largest absolute Gasteiger partial charge is 0.456 e. The van der Waals surface area contributed by atoms with Crippen molar-refractivity contribution in [1.82, 2.24) is 0 Å². The van der Waals surface area contributed by atoms with Gasteiger partial charge in [0.1, 0.15) is 16.7 Å². The van der Waals surface area contributed by atoms with Crippen LogP contribution in [0.15, 0.2) is 118 Å². The smallest absolute Gasteiger partial charge is 0.158 e. The van der Waals surface area contributed by atoms with Crippen molar-refractivity contribution in [3.05, 3.63) is 109 Å². The van der Waals surface area contributed by atoms with Gasteiger partial charge in [-0.3, -0.25) is 0 Å². The SMILES string of the molecule is c1ccc(-c2ccc3c(c2)oc2c(Nc4ccc5oc6ccccc6c5c4)cccc23)cc1. The fourth-order valence-corrected chi connectivity index (χ4v) is 4.67. The molecule has 0 aliphatic heterocycles. The predicted molar refractivity (Wildman–Crippen MR) is 136 cm³/mol. The molecule has 0 saturated heterocycles. The van der Waals surface area contributed by atoms with E-state index in [4.69, 9.17) is 8.83 Å². The van der Waals surface area contributed by atoms with E-state index < -0.39 is 0 Å². The van der Waals surface area contributed by atoms with E-state index >= 15 is 0 Å². The van der Waals surface area contributed by atoms with Gasteiger partial charge in [0, 0.05) is 27.2 Å². The minimum atomic E-state index is 0.856.